The van der Waals surface area contributed by atoms with Crippen molar-refractivity contribution in [2.45, 2.75) is 39.7 Å². The van der Waals surface area contributed by atoms with Crippen LogP contribution in [-0.4, -0.2) is 31.8 Å². The fourth-order valence-electron chi connectivity index (χ4n) is 2.44. The largest absolute Gasteiger partial charge is 0.377 e. The van der Waals surface area contributed by atoms with Crippen molar-refractivity contribution < 1.29 is 4.74 Å². The quantitative estimate of drug-likeness (QED) is 0.341. The van der Waals surface area contributed by atoms with Crippen molar-refractivity contribution in [3.63, 3.8) is 0 Å². The predicted molar refractivity (Wildman–Crippen MR) is 92.0 cm³/mol. The van der Waals surface area contributed by atoms with E-state index in [1.54, 1.807) is 6.08 Å². The maximum Gasteiger partial charge on any atom is 0.188 e. The second kappa shape index (κ2) is 8.79. The Morgan fingerprint density at radius 2 is 2.21 bits per heavy atom. The lowest BCUT2D eigenvalue weighted by Gasteiger charge is -2.39. The summed E-state index contributed by atoms with van der Waals surface area (Å²) < 4.78 is 5.92. The average molecular weight is 381 g/mol. The lowest BCUT2D eigenvalue weighted by Crippen LogP contribution is -2.42. The Labute approximate surface area is 134 Å². The number of halogens is 1. The summed E-state index contributed by atoms with van der Waals surface area (Å²) in [6, 6.07) is 0. The van der Waals surface area contributed by atoms with Crippen molar-refractivity contribution in [2.24, 2.45) is 22.1 Å². The number of guanidine groups is 1. The van der Waals surface area contributed by atoms with E-state index in [1.807, 2.05) is 0 Å². The van der Waals surface area contributed by atoms with E-state index >= 15 is 0 Å². The third-order valence-corrected chi connectivity index (χ3v) is 3.22. The molecular weight excluding hydrogens is 353 g/mol. The molecule has 1 aliphatic heterocycles. The molecule has 112 valence electrons. The molecule has 0 aromatic carbocycles. The first-order chi connectivity index (χ1) is 8.45. The van der Waals surface area contributed by atoms with E-state index in [-0.39, 0.29) is 35.5 Å². The van der Waals surface area contributed by atoms with E-state index in [2.05, 4.69) is 37.7 Å². The highest BCUT2D eigenvalue weighted by Crippen LogP contribution is 2.34. The Morgan fingerprint density at radius 3 is 2.79 bits per heavy atom. The zero-order valence-corrected chi connectivity index (χ0v) is 14.6. The molecule has 0 aromatic rings. The van der Waals surface area contributed by atoms with Crippen LogP contribution in [0, 0.1) is 11.3 Å². The maximum atomic E-state index is 5.92. The van der Waals surface area contributed by atoms with E-state index in [0.717, 1.165) is 19.6 Å². The van der Waals surface area contributed by atoms with Gasteiger partial charge in [0.05, 0.1) is 6.10 Å². The van der Waals surface area contributed by atoms with Crippen LogP contribution in [0.4, 0.5) is 0 Å². The Morgan fingerprint density at radius 1 is 1.53 bits per heavy atom. The SMILES string of the molecule is C=CCNC(N)=NCC1CCCOC1C(C)(C)C.I. The summed E-state index contributed by atoms with van der Waals surface area (Å²) in [5.74, 6) is 0.955. The first-order valence-corrected chi connectivity index (χ1v) is 6.71. The van der Waals surface area contributed by atoms with Crippen LogP contribution >= 0.6 is 24.0 Å². The van der Waals surface area contributed by atoms with E-state index in [4.69, 9.17) is 10.5 Å². The van der Waals surface area contributed by atoms with Crippen LogP contribution in [0.5, 0.6) is 0 Å². The lowest BCUT2D eigenvalue weighted by molar-refractivity contribution is -0.0823. The molecule has 0 spiro atoms. The first kappa shape index (κ1) is 18.7. The highest BCUT2D eigenvalue weighted by Gasteiger charge is 2.35. The number of nitrogens with two attached hydrogens (primary N) is 1. The average Bonchev–Trinajstić information content (AvgIpc) is 2.33. The second-order valence-corrected chi connectivity index (χ2v) is 5.96. The molecule has 19 heavy (non-hydrogen) atoms. The normalized spacial score (nSPS) is 24.5. The van der Waals surface area contributed by atoms with Gasteiger partial charge in [-0.3, -0.25) is 4.99 Å². The third kappa shape index (κ3) is 6.61. The summed E-state index contributed by atoms with van der Waals surface area (Å²) in [6.07, 6.45) is 4.32. The Balaban J connectivity index is 0.00000324. The summed E-state index contributed by atoms with van der Waals surface area (Å²) in [7, 11) is 0. The second-order valence-electron chi connectivity index (χ2n) is 5.96. The van der Waals surface area contributed by atoms with Crippen molar-refractivity contribution in [1.29, 1.82) is 0 Å². The summed E-state index contributed by atoms with van der Waals surface area (Å²) in [4.78, 5) is 4.40. The van der Waals surface area contributed by atoms with Gasteiger partial charge >= 0.3 is 0 Å². The summed E-state index contributed by atoms with van der Waals surface area (Å²) in [5.41, 5.74) is 5.94. The smallest absolute Gasteiger partial charge is 0.188 e. The molecule has 4 nitrogen and oxygen atoms in total. The van der Waals surface area contributed by atoms with Crippen molar-refractivity contribution in [3.8, 4) is 0 Å². The predicted octanol–water partition coefficient (Wildman–Crippen LogP) is 2.54. The number of nitrogens with one attached hydrogen (secondary N) is 1. The van der Waals surface area contributed by atoms with Crippen molar-refractivity contribution in [3.05, 3.63) is 12.7 Å². The van der Waals surface area contributed by atoms with Gasteiger partial charge in [-0.25, -0.2) is 0 Å². The van der Waals surface area contributed by atoms with Crippen LogP contribution in [0.2, 0.25) is 0 Å². The molecule has 0 aliphatic carbocycles. The monoisotopic (exact) mass is 381 g/mol. The molecule has 2 atom stereocenters. The van der Waals surface area contributed by atoms with Gasteiger partial charge in [0.2, 0.25) is 0 Å². The highest BCUT2D eigenvalue weighted by atomic mass is 127. The number of nitrogens with zero attached hydrogens (tertiary/aromatic N) is 1. The fourth-order valence-corrected chi connectivity index (χ4v) is 2.44. The summed E-state index contributed by atoms with van der Waals surface area (Å²) in [6.45, 7) is 12.6. The lowest BCUT2D eigenvalue weighted by atomic mass is 9.78. The van der Waals surface area contributed by atoms with Crippen LogP contribution in [0.15, 0.2) is 17.6 Å². The van der Waals surface area contributed by atoms with Gasteiger partial charge < -0.3 is 15.8 Å². The minimum absolute atomic E-state index is 0. The molecule has 1 saturated heterocycles. The molecule has 0 amide bonds. The molecule has 2 unspecified atom stereocenters. The van der Waals surface area contributed by atoms with Crippen LogP contribution < -0.4 is 11.1 Å². The number of aliphatic imine (C=N–C) groups is 1. The van der Waals surface area contributed by atoms with Gasteiger partial charge in [-0.15, -0.1) is 30.6 Å². The van der Waals surface area contributed by atoms with Gasteiger partial charge in [0.1, 0.15) is 0 Å². The minimum atomic E-state index is 0. The van der Waals surface area contributed by atoms with Crippen LogP contribution in [0.25, 0.3) is 0 Å². The zero-order valence-electron chi connectivity index (χ0n) is 12.3. The summed E-state index contributed by atoms with van der Waals surface area (Å²) in [5, 5.41) is 2.99. The molecule has 0 saturated carbocycles. The maximum absolute atomic E-state index is 5.92. The van der Waals surface area contributed by atoms with Crippen molar-refractivity contribution in [1.82, 2.24) is 5.32 Å². The van der Waals surface area contributed by atoms with Gasteiger partial charge in [-0.2, -0.15) is 0 Å². The topological polar surface area (TPSA) is 59.6 Å². The Bertz CT molecular complexity index is 300. The summed E-state index contributed by atoms with van der Waals surface area (Å²) >= 11 is 0. The zero-order chi connectivity index (χ0) is 13.6. The molecule has 5 heteroatoms. The third-order valence-electron chi connectivity index (χ3n) is 3.22. The van der Waals surface area contributed by atoms with E-state index in [1.165, 1.54) is 6.42 Å². The molecule has 1 aliphatic rings. The molecule has 1 fully saturated rings. The molecule has 0 aromatic heterocycles. The van der Waals surface area contributed by atoms with Gasteiger partial charge in [0, 0.05) is 25.6 Å². The Kier molecular flexibility index (Phi) is 8.65. The number of hydrogen-bond donors (Lipinski definition) is 2. The Hall–Kier alpha value is -0.300. The van der Waals surface area contributed by atoms with E-state index in [0.29, 0.717) is 18.4 Å². The van der Waals surface area contributed by atoms with Crippen LogP contribution in [0.3, 0.4) is 0 Å². The standard InChI is InChI=1S/C14H27N3O.HI/c1-5-8-16-13(15)17-10-11-7-6-9-18-12(11)14(2,3)4;/h5,11-12H,1,6-10H2,2-4H3,(H3,15,16,17);1H. The highest BCUT2D eigenvalue weighted by molar-refractivity contribution is 14.0. The number of hydrogen-bond acceptors (Lipinski definition) is 2. The van der Waals surface area contributed by atoms with Gasteiger partial charge in [-0.05, 0) is 18.3 Å². The van der Waals surface area contributed by atoms with Crippen molar-refractivity contribution >= 4 is 29.9 Å². The first-order valence-electron chi connectivity index (χ1n) is 6.71. The van der Waals surface area contributed by atoms with E-state index < -0.39 is 0 Å². The minimum Gasteiger partial charge on any atom is -0.377 e. The van der Waals surface area contributed by atoms with Gasteiger partial charge in [0.15, 0.2) is 5.96 Å². The molecule has 1 heterocycles. The number of ether oxygens (including phenoxy) is 1. The fraction of sp³-hybridized carbons (Fsp3) is 0.786. The van der Waals surface area contributed by atoms with Crippen LogP contribution in [0.1, 0.15) is 33.6 Å². The molecule has 1 rings (SSSR count). The molecular formula is C14H28IN3O. The number of rotatable bonds is 4. The van der Waals surface area contributed by atoms with E-state index in [9.17, 15) is 0 Å². The van der Waals surface area contributed by atoms with Crippen molar-refractivity contribution in [2.75, 3.05) is 19.7 Å². The van der Waals surface area contributed by atoms with Crippen LogP contribution in [-0.2, 0) is 4.74 Å². The molecule has 3 N–H and O–H groups in total. The molecule has 0 bridgehead atoms. The van der Waals surface area contributed by atoms with Gasteiger partial charge in [-0.1, -0.05) is 26.8 Å². The molecule has 0 radical (unpaired) electrons. The van der Waals surface area contributed by atoms with Gasteiger partial charge in [0.25, 0.3) is 0 Å².